The topological polar surface area (TPSA) is 112 Å². The van der Waals surface area contributed by atoms with Crippen molar-refractivity contribution in [3.8, 4) is 0 Å². The number of hydrogen-bond donors (Lipinski definition) is 1. The third kappa shape index (κ3) is 6.66. The van der Waals surface area contributed by atoms with Gasteiger partial charge in [-0.05, 0) is 48.1 Å². The standard InChI is InChI=1S/C31H35BrN4O5/c1-39-15-16-40-17-18-41-30(38)25(36-27-26(32)28(37)31(27)11-3-2-4-12-31)19-21-5-7-23(8-6-21)35-29-24-20-33-13-9-22(24)10-14-34-29/h5-10,13-14,20,25-26H,2-4,11-12,15-19H2,1H3,(H,34,35)/t25-,26?/m0/s1. The molecule has 1 N–H and O–H groups in total. The molecular formula is C31H35BrN4O5. The number of carbonyl (C=O) groups excluding carboxylic acids is 2. The summed E-state index contributed by atoms with van der Waals surface area (Å²) >= 11 is 3.53. The number of rotatable bonds is 12. The van der Waals surface area contributed by atoms with Crippen molar-refractivity contribution in [2.24, 2.45) is 10.4 Å². The summed E-state index contributed by atoms with van der Waals surface area (Å²) < 4.78 is 16.0. The number of fused-ring (bicyclic) bond motifs is 1. The minimum atomic E-state index is -0.763. The van der Waals surface area contributed by atoms with E-state index in [1.54, 1.807) is 25.7 Å². The van der Waals surface area contributed by atoms with Crippen LogP contribution in [-0.4, -0.2) is 71.8 Å². The first kappa shape index (κ1) is 29.3. The lowest BCUT2D eigenvalue weighted by atomic mass is 9.58. The Balaban J connectivity index is 1.31. The lowest BCUT2D eigenvalue weighted by molar-refractivity contribution is -0.147. The largest absolute Gasteiger partial charge is 0.462 e. The molecule has 1 aromatic carbocycles. The van der Waals surface area contributed by atoms with Crippen LogP contribution in [0.2, 0.25) is 0 Å². The van der Waals surface area contributed by atoms with Crippen LogP contribution in [0, 0.1) is 5.41 Å². The molecule has 5 rings (SSSR count). The number of ketones is 1. The number of anilines is 2. The molecule has 0 aliphatic heterocycles. The summed E-state index contributed by atoms with van der Waals surface area (Å²) in [5.41, 5.74) is 2.04. The highest BCUT2D eigenvalue weighted by Gasteiger charge is 2.58. The van der Waals surface area contributed by atoms with Crippen LogP contribution in [-0.2, 0) is 30.2 Å². The molecule has 0 amide bonds. The molecule has 0 bridgehead atoms. The van der Waals surface area contributed by atoms with Crippen molar-refractivity contribution in [1.82, 2.24) is 9.97 Å². The number of hydrogen-bond acceptors (Lipinski definition) is 9. The van der Waals surface area contributed by atoms with E-state index in [1.807, 2.05) is 36.4 Å². The Kier molecular flexibility index (Phi) is 9.74. The highest BCUT2D eigenvalue weighted by molar-refractivity contribution is 9.10. The fourth-order valence-electron chi connectivity index (χ4n) is 5.59. The molecule has 2 aromatic heterocycles. The van der Waals surface area contributed by atoms with E-state index in [1.165, 1.54) is 0 Å². The minimum Gasteiger partial charge on any atom is -0.462 e. The molecule has 2 fully saturated rings. The second kappa shape index (κ2) is 13.6. The molecule has 2 saturated carbocycles. The SMILES string of the molecule is COCCOCCOC(=O)[C@H](Cc1ccc(Nc2nccc3ccncc23)cc1)N=C1C(Br)C(=O)C12CCCCC2. The zero-order valence-corrected chi connectivity index (χ0v) is 24.8. The van der Waals surface area contributed by atoms with E-state index in [-0.39, 0.29) is 19.0 Å². The van der Waals surface area contributed by atoms with Gasteiger partial charge >= 0.3 is 5.97 Å². The Morgan fingerprint density at radius 3 is 2.61 bits per heavy atom. The van der Waals surface area contributed by atoms with Gasteiger partial charge in [0.15, 0.2) is 11.8 Å². The van der Waals surface area contributed by atoms with Crippen LogP contribution in [0.25, 0.3) is 10.8 Å². The van der Waals surface area contributed by atoms with Crippen LogP contribution in [0.1, 0.15) is 37.7 Å². The number of aromatic nitrogens is 2. The van der Waals surface area contributed by atoms with Crippen molar-refractivity contribution in [3.05, 3.63) is 60.6 Å². The fourth-order valence-corrected chi connectivity index (χ4v) is 6.58. The van der Waals surface area contributed by atoms with Crippen molar-refractivity contribution in [2.75, 3.05) is 38.9 Å². The van der Waals surface area contributed by atoms with Crippen LogP contribution in [0.5, 0.6) is 0 Å². The fraction of sp³-hybridized carbons (Fsp3) is 0.452. The number of pyridine rings is 2. The van der Waals surface area contributed by atoms with Gasteiger partial charge in [0.1, 0.15) is 17.3 Å². The quantitative estimate of drug-likeness (QED) is 0.166. The number of alkyl halides is 1. The maximum atomic E-state index is 13.3. The lowest BCUT2D eigenvalue weighted by Crippen LogP contribution is -2.61. The molecule has 2 aliphatic carbocycles. The van der Waals surface area contributed by atoms with Gasteiger partial charge in [-0.3, -0.25) is 14.8 Å². The van der Waals surface area contributed by atoms with Crippen LogP contribution < -0.4 is 5.32 Å². The first-order valence-corrected chi connectivity index (χ1v) is 15.0. The van der Waals surface area contributed by atoms with E-state index in [0.29, 0.717) is 19.6 Å². The van der Waals surface area contributed by atoms with Gasteiger partial charge < -0.3 is 19.5 Å². The number of aliphatic imine (C=N–C) groups is 1. The van der Waals surface area contributed by atoms with Crippen molar-refractivity contribution < 1.29 is 23.8 Å². The number of nitrogens with zero attached hydrogens (tertiary/aromatic N) is 3. The number of methoxy groups -OCH3 is 1. The maximum absolute atomic E-state index is 13.3. The van der Waals surface area contributed by atoms with Crippen molar-refractivity contribution >= 4 is 55.7 Å². The van der Waals surface area contributed by atoms with Gasteiger partial charge in [0, 0.05) is 48.9 Å². The first-order chi connectivity index (χ1) is 20.0. The van der Waals surface area contributed by atoms with Crippen LogP contribution in [0.3, 0.4) is 0 Å². The molecule has 2 atom stereocenters. The molecule has 2 aliphatic rings. The molecule has 216 valence electrons. The van der Waals surface area contributed by atoms with Gasteiger partial charge in [0.05, 0.1) is 25.2 Å². The Labute approximate surface area is 248 Å². The number of carbonyl (C=O) groups is 2. The van der Waals surface area contributed by atoms with Crippen molar-refractivity contribution in [1.29, 1.82) is 0 Å². The Hall–Kier alpha value is -3.21. The number of nitrogens with one attached hydrogen (secondary N) is 1. The van der Waals surface area contributed by atoms with Crippen LogP contribution >= 0.6 is 15.9 Å². The Bertz CT molecular complexity index is 1390. The van der Waals surface area contributed by atoms with Crippen LogP contribution in [0.15, 0.2) is 60.0 Å². The zero-order chi connectivity index (χ0) is 28.7. The molecule has 3 aromatic rings. The number of halogens is 1. The molecule has 1 spiro atoms. The predicted octanol–water partition coefficient (Wildman–Crippen LogP) is 5.23. The van der Waals surface area contributed by atoms with E-state index in [2.05, 4.69) is 31.2 Å². The zero-order valence-electron chi connectivity index (χ0n) is 23.2. The van der Waals surface area contributed by atoms with E-state index >= 15 is 0 Å². The number of benzene rings is 1. The molecule has 9 nitrogen and oxygen atoms in total. The molecule has 2 heterocycles. The number of esters is 1. The van der Waals surface area contributed by atoms with Crippen molar-refractivity contribution in [3.63, 3.8) is 0 Å². The summed E-state index contributed by atoms with van der Waals surface area (Å²) in [7, 11) is 1.61. The normalized spacial score (nSPS) is 19.7. The molecule has 1 unspecified atom stereocenters. The van der Waals surface area contributed by atoms with Gasteiger partial charge in [-0.15, -0.1) is 0 Å². The average molecular weight is 624 g/mol. The monoisotopic (exact) mass is 622 g/mol. The van der Waals surface area contributed by atoms with Gasteiger partial charge in [0.25, 0.3) is 0 Å². The van der Waals surface area contributed by atoms with Gasteiger partial charge in [0.2, 0.25) is 0 Å². The summed E-state index contributed by atoms with van der Waals surface area (Å²) in [5, 5.41) is 5.34. The Morgan fingerprint density at radius 1 is 1.07 bits per heavy atom. The first-order valence-electron chi connectivity index (χ1n) is 14.1. The summed E-state index contributed by atoms with van der Waals surface area (Å²) in [6.07, 6.45) is 10.4. The lowest BCUT2D eigenvalue weighted by Gasteiger charge is -2.48. The third-order valence-electron chi connectivity index (χ3n) is 7.82. The maximum Gasteiger partial charge on any atom is 0.331 e. The number of ether oxygens (including phenoxy) is 3. The highest BCUT2D eigenvalue weighted by Crippen LogP contribution is 2.49. The Morgan fingerprint density at radius 2 is 1.83 bits per heavy atom. The highest BCUT2D eigenvalue weighted by atomic mass is 79.9. The average Bonchev–Trinajstić information content (AvgIpc) is 3.01. The van der Waals surface area contributed by atoms with Gasteiger partial charge in [-0.2, -0.15) is 0 Å². The summed E-state index contributed by atoms with van der Waals surface area (Å²) in [4.78, 5) is 39.4. The van der Waals surface area contributed by atoms with Crippen molar-refractivity contribution in [2.45, 2.75) is 49.4 Å². The summed E-state index contributed by atoms with van der Waals surface area (Å²) in [6, 6.07) is 11.0. The number of Topliss-reactive ketones (excluding diaryl/α,β-unsaturated/α-hetero) is 1. The van der Waals surface area contributed by atoms with Crippen LogP contribution in [0.4, 0.5) is 11.5 Å². The van der Waals surface area contributed by atoms with E-state index < -0.39 is 22.3 Å². The van der Waals surface area contributed by atoms with E-state index in [0.717, 1.165) is 65.7 Å². The molecule has 41 heavy (non-hydrogen) atoms. The van der Waals surface area contributed by atoms with E-state index in [4.69, 9.17) is 19.2 Å². The summed E-state index contributed by atoms with van der Waals surface area (Å²) in [5.74, 6) is 0.481. The molecule has 10 heteroatoms. The van der Waals surface area contributed by atoms with Gasteiger partial charge in [-0.25, -0.2) is 9.78 Å². The van der Waals surface area contributed by atoms with Gasteiger partial charge in [-0.1, -0.05) is 47.3 Å². The minimum absolute atomic E-state index is 0.126. The third-order valence-corrected chi connectivity index (χ3v) is 8.67. The van der Waals surface area contributed by atoms with E-state index in [9.17, 15) is 9.59 Å². The predicted molar refractivity (Wildman–Crippen MR) is 161 cm³/mol. The molecule has 0 radical (unpaired) electrons. The smallest absolute Gasteiger partial charge is 0.331 e. The summed E-state index contributed by atoms with van der Waals surface area (Å²) in [6.45, 7) is 1.31. The second-order valence-electron chi connectivity index (χ2n) is 10.5. The molecule has 0 saturated heterocycles. The second-order valence-corrected chi connectivity index (χ2v) is 11.4. The molecular weight excluding hydrogens is 588 g/mol.